The molecule has 1 aliphatic rings. The molecule has 170 valence electrons. The summed E-state index contributed by atoms with van der Waals surface area (Å²) in [4.78, 5) is 21.9. The number of aromatic nitrogens is 5. The number of thiophene rings is 1. The number of fused-ring (bicyclic) bond motifs is 3. The number of carbonyl (C=O) groups excluding carboxylic acids is 1. The zero-order chi connectivity index (χ0) is 24.0. The lowest BCUT2D eigenvalue weighted by molar-refractivity contribution is -0.118. The first-order chi connectivity index (χ1) is 16.3. The van der Waals surface area contributed by atoms with Gasteiger partial charge in [0.2, 0.25) is 5.91 Å². The van der Waals surface area contributed by atoms with Crippen molar-refractivity contribution >= 4 is 34.6 Å². The maximum absolute atomic E-state index is 11.9. The number of benzene rings is 1. The molecule has 5 rings (SSSR count). The summed E-state index contributed by atoms with van der Waals surface area (Å²) in [6.45, 7) is 3.91. The number of hydrogen-bond acceptors (Lipinski definition) is 6. The topological polar surface area (TPSA) is 104 Å². The molecule has 1 aliphatic heterocycles. The van der Waals surface area contributed by atoms with E-state index in [1.54, 1.807) is 23.9 Å². The van der Waals surface area contributed by atoms with Crippen LogP contribution < -0.4 is 5.73 Å². The van der Waals surface area contributed by atoms with Gasteiger partial charge < -0.3 is 10.3 Å². The number of aryl methyl sites for hydroxylation is 2. The molecule has 4 heterocycles. The third kappa shape index (κ3) is 3.81. The van der Waals surface area contributed by atoms with Gasteiger partial charge in [0.15, 0.2) is 5.82 Å². The predicted molar refractivity (Wildman–Crippen MR) is 132 cm³/mol. The van der Waals surface area contributed by atoms with Crippen LogP contribution in [-0.2, 0) is 11.8 Å². The number of rotatable bonds is 3. The van der Waals surface area contributed by atoms with E-state index in [2.05, 4.69) is 27.0 Å². The van der Waals surface area contributed by atoms with Gasteiger partial charge in [-0.2, -0.15) is 0 Å². The molecule has 0 radical (unpaired) electrons. The number of hydrogen-bond donors (Lipinski definition) is 1. The number of primary amides is 1. The third-order valence-electron chi connectivity index (χ3n) is 5.63. The second kappa shape index (κ2) is 8.56. The van der Waals surface area contributed by atoms with Gasteiger partial charge in [-0.25, -0.2) is 4.98 Å². The van der Waals surface area contributed by atoms with E-state index in [1.807, 2.05) is 54.3 Å². The number of halogens is 1. The number of aliphatic imine (C=N–C) groups is 1. The van der Waals surface area contributed by atoms with Crippen molar-refractivity contribution in [2.45, 2.75) is 26.3 Å². The van der Waals surface area contributed by atoms with E-state index in [1.165, 1.54) is 0 Å². The van der Waals surface area contributed by atoms with Gasteiger partial charge in [0.1, 0.15) is 22.6 Å². The Balaban J connectivity index is 1.77. The van der Waals surface area contributed by atoms with Gasteiger partial charge in [0, 0.05) is 23.2 Å². The number of carbonyl (C=O) groups is 1. The van der Waals surface area contributed by atoms with Crippen molar-refractivity contribution in [3.8, 4) is 16.8 Å². The van der Waals surface area contributed by atoms with Crippen LogP contribution in [0.2, 0.25) is 5.02 Å². The monoisotopic (exact) mass is 489 g/mol. The van der Waals surface area contributed by atoms with E-state index in [0.717, 1.165) is 38.0 Å². The molecule has 1 aromatic carbocycles. The van der Waals surface area contributed by atoms with Crippen LogP contribution in [0.25, 0.3) is 5.00 Å². The molecule has 0 aliphatic carbocycles. The quantitative estimate of drug-likeness (QED) is 0.445. The van der Waals surface area contributed by atoms with Crippen LogP contribution in [0.3, 0.4) is 0 Å². The second-order valence-electron chi connectivity index (χ2n) is 7.99. The third-order valence-corrected chi connectivity index (χ3v) is 7.08. The summed E-state index contributed by atoms with van der Waals surface area (Å²) in [7, 11) is 1.91. The smallest absolute Gasteiger partial charge is 0.220 e. The van der Waals surface area contributed by atoms with Gasteiger partial charge in [0.05, 0.1) is 29.5 Å². The lowest BCUT2D eigenvalue weighted by Crippen LogP contribution is -2.17. The first-order valence-electron chi connectivity index (χ1n) is 10.5. The summed E-state index contributed by atoms with van der Waals surface area (Å²) in [5.74, 6) is 7.33. The van der Waals surface area contributed by atoms with Crippen LogP contribution in [0.15, 0.2) is 41.8 Å². The van der Waals surface area contributed by atoms with Gasteiger partial charge in [-0.1, -0.05) is 23.7 Å². The van der Waals surface area contributed by atoms with Crippen molar-refractivity contribution in [3.63, 3.8) is 0 Å². The van der Waals surface area contributed by atoms with E-state index in [0.29, 0.717) is 16.7 Å². The van der Waals surface area contributed by atoms with Crippen LogP contribution in [0, 0.1) is 25.7 Å². The van der Waals surface area contributed by atoms with Crippen molar-refractivity contribution in [1.82, 2.24) is 24.3 Å². The largest absolute Gasteiger partial charge is 0.370 e. The molecule has 0 spiro atoms. The zero-order valence-corrected chi connectivity index (χ0v) is 20.3. The highest BCUT2D eigenvalue weighted by molar-refractivity contribution is 7.15. The molecule has 3 aromatic heterocycles. The summed E-state index contributed by atoms with van der Waals surface area (Å²) in [6, 6.07) is 6.92. The highest BCUT2D eigenvalue weighted by Gasteiger charge is 2.32. The number of imidazole rings is 1. The molecule has 10 heteroatoms. The summed E-state index contributed by atoms with van der Waals surface area (Å²) >= 11 is 7.69. The molecular formula is C24H20ClN7OS. The van der Waals surface area contributed by atoms with E-state index in [9.17, 15) is 4.79 Å². The molecule has 0 saturated heterocycles. The normalized spacial score (nSPS) is 14.5. The van der Waals surface area contributed by atoms with E-state index in [-0.39, 0.29) is 6.42 Å². The minimum atomic E-state index is -0.563. The minimum Gasteiger partial charge on any atom is -0.370 e. The fourth-order valence-electron chi connectivity index (χ4n) is 3.93. The SMILES string of the molecule is Cc1c(C#Cc2cncn2C)sc2c1C(c1ccc(Cl)cc1)=N[C@@H](CC(N)=O)c1nnc(C)n1-2. The van der Waals surface area contributed by atoms with Gasteiger partial charge in [-0.15, -0.1) is 21.5 Å². The Labute approximate surface area is 205 Å². The highest BCUT2D eigenvalue weighted by atomic mass is 35.5. The lowest BCUT2D eigenvalue weighted by Gasteiger charge is -2.11. The average molecular weight is 490 g/mol. The van der Waals surface area contributed by atoms with Crippen LogP contribution in [0.1, 0.15) is 51.4 Å². The van der Waals surface area contributed by atoms with E-state index in [4.69, 9.17) is 22.3 Å². The van der Waals surface area contributed by atoms with E-state index < -0.39 is 11.9 Å². The molecule has 1 atom stereocenters. The van der Waals surface area contributed by atoms with Crippen molar-refractivity contribution < 1.29 is 4.79 Å². The average Bonchev–Trinajstić information content (AvgIpc) is 3.45. The van der Waals surface area contributed by atoms with Gasteiger partial charge in [-0.05, 0) is 43.4 Å². The summed E-state index contributed by atoms with van der Waals surface area (Å²) in [6.07, 6.45) is 3.48. The van der Waals surface area contributed by atoms with Crippen LogP contribution in [0.4, 0.5) is 0 Å². The molecular weight excluding hydrogens is 470 g/mol. The minimum absolute atomic E-state index is 0.0242. The Bertz CT molecular complexity index is 1510. The number of amides is 1. The highest BCUT2D eigenvalue weighted by Crippen LogP contribution is 2.39. The second-order valence-corrected chi connectivity index (χ2v) is 9.42. The summed E-state index contributed by atoms with van der Waals surface area (Å²) in [5, 5.41) is 10.2. The Morgan fingerprint density at radius 3 is 2.65 bits per heavy atom. The van der Waals surface area contributed by atoms with Gasteiger partial charge in [-0.3, -0.25) is 14.4 Å². The van der Waals surface area contributed by atoms with Crippen molar-refractivity contribution in [2.75, 3.05) is 0 Å². The Kier molecular flexibility index (Phi) is 5.55. The molecule has 0 saturated carbocycles. The number of nitrogens with two attached hydrogens (primary N) is 1. The molecule has 34 heavy (non-hydrogen) atoms. The Morgan fingerprint density at radius 1 is 1.21 bits per heavy atom. The predicted octanol–water partition coefficient (Wildman–Crippen LogP) is 3.50. The summed E-state index contributed by atoms with van der Waals surface area (Å²) < 4.78 is 3.83. The maximum atomic E-state index is 11.9. The Hall–Kier alpha value is -3.74. The van der Waals surface area contributed by atoms with E-state index >= 15 is 0 Å². The first-order valence-corrected chi connectivity index (χ1v) is 11.7. The van der Waals surface area contributed by atoms with Crippen LogP contribution >= 0.6 is 22.9 Å². The Morgan fingerprint density at radius 2 is 1.97 bits per heavy atom. The fraction of sp³-hybridized carbons (Fsp3) is 0.208. The molecule has 4 aromatic rings. The maximum Gasteiger partial charge on any atom is 0.220 e. The van der Waals surface area contributed by atoms with Crippen molar-refractivity contribution in [3.05, 3.63) is 80.7 Å². The fourth-order valence-corrected chi connectivity index (χ4v) is 5.28. The molecule has 2 N–H and O–H groups in total. The van der Waals surface area contributed by atoms with Gasteiger partial charge in [0.25, 0.3) is 0 Å². The molecule has 0 bridgehead atoms. The van der Waals surface area contributed by atoms with Gasteiger partial charge >= 0.3 is 0 Å². The van der Waals surface area contributed by atoms with Crippen molar-refractivity contribution in [1.29, 1.82) is 0 Å². The molecule has 0 unspecified atom stereocenters. The number of nitrogens with zero attached hydrogens (tertiary/aromatic N) is 6. The molecule has 1 amide bonds. The molecule has 0 fully saturated rings. The standard InChI is InChI=1S/C24H20ClN7OS/c1-13-19(9-8-17-11-27-12-31(17)3)34-24-21(13)22(15-4-6-16(25)7-5-15)28-18(10-20(26)33)23-30-29-14(2)32(23)24/h4-7,11-12,18H,10H2,1-3H3,(H2,26,33)/t18-/m0/s1. The van der Waals surface area contributed by atoms with Crippen LogP contribution in [0.5, 0.6) is 0 Å². The summed E-state index contributed by atoms with van der Waals surface area (Å²) in [5.41, 5.74) is 9.92. The first kappa shape index (κ1) is 22.1. The zero-order valence-electron chi connectivity index (χ0n) is 18.7. The lowest BCUT2D eigenvalue weighted by atomic mass is 9.99. The van der Waals surface area contributed by atoms with Crippen molar-refractivity contribution in [2.24, 2.45) is 17.8 Å². The molecule has 8 nitrogen and oxygen atoms in total. The van der Waals surface area contributed by atoms with Crippen LogP contribution in [-0.4, -0.2) is 35.9 Å².